The van der Waals surface area contributed by atoms with Gasteiger partial charge in [0.05, 0.1) is 6.54 Å². The molecule has 0 spiro atoms. The molecule has 0 fully saturated rings. The molecular weight excluding hydrogens is 283 g/mol. The van der Waals surface area contributed by atoms with Gasteiger partial charge in [0, 0.05) is 23.2 Å². The van der Waals surface area contributed by atoms with Crippen LogP contribution in [0.15, 0.2) is 35.7 Å². The van der Waals surface area contributed by atoms with E-state index in [1.54, 1.807) is 23.5 Å². The average Bonchev–Trinajstić information content (AvgIpc) is 2.96. The van der Waals surface area contributed by atoms with Crippen LogP contribution in [0, 0.1) is 5.82 Å². The van der Waals surface area contributed by atoms with Crippen LogP contribution < -0.4 is 10.2 Å². The maximum Gasteiger partial charge on any atom is 0.123 e. The largest absolute Gasteiger partial charge is 0.364 e. The first kappa shape index (κ1) is 16.0. The van der Waals surface area contributed by atoms with Crippen LogP contribution in [-0.2, 0) is 13.1 Å². The lowest BCUT2D eigenvalue weighted by Gasteiger charge is -2.30. The summed E-state index contributed by atoms with van der Waals surface area (Å²) in [4.78, 5) is 3.65. The second-order valence-corrected chi connectivity index (χ2v) is 6.39. The third kappa shape index (κ3) is 4.29. The minimum absolute atomic E-state index is 0.175. The minimum Gasteiger partial charge on any atom is -0.364 e. The molecule has 2 nitrogen and oxygen atoms in total. The van der Waals surface area contributed by atoms with Crippen molar-refractivity contribution in [1.29, 1.82) is 0 Å². The molecule has 0 aliphatic rings. The zero-order valence-electron chi connectivity index (χ0n) is 12.9. The van der Waals surface area contributed by atoms with Gasteiger partial charge in [-0.3, -0.25) is 0 Å². The number of nitrogens with zero attached hydrogens (tertiary/aromatic N) is 1. The Hall–Kier alpha value is -1.39. The van der Waals surface area contributed by atoms with E-state index < -0.39 is 0 Å². The van der Waals surface area contributed by atoms with Crippen molar-refractivity contribution < 1.29 is 4.39 Å². The molecular formula is C17H23FN2S. The molecule has 0 saturated heterocycles. The minimum atomic E-state index is -0.175. The quantitative estimate of drug-likeness (QED) is 0.815. The van der Waals surface area contributed by atoms with Crippen LogP contribution in [0.1, 0.15) is 31.2 Å². The van der Waals surface area contributed by atoms with Crippen LogP contribution in [-0.4, -0.2) is 12.6 Å². The van der Waals surface area contributed by atoms with Crippen molar-refractivity contribution in [1.82, 2.24) is 5.32 Å². The standard InChI is InChI=1S/C17H23FN2S/c1-4-19-11-14-10-15(18)7-8-17(14)20(13(2)3)12-16-6-5-9-21-16/h5-10,13,19H,4,11-12H2,1-3H3. The molecule has 4 heteroatoms. The first-order valence-corrected chi connectivity index (χ1v) is 8.28. The molecule has 0 bridgehead atoms. The summed E-state index contributed by atoms with van der Waals surface area (Å²) in [5.41, 5.74) is 2.13. The van der Waals surface area contributed by atoms with Gasteiger partial charge >= 0.3 is 0 Å². The molecule has 1 N–H and O–H groups in total. The Bertz CT molecular complexity index is 552. The zero-order chi connectivity index (χ0) is 15.2. The van der Waals surface area contributed by atoms with Gasteiger partial charge in [0.1, 0.15) is 5.82 Å². The van der Waals surface area contributed by atoms with E-state index in [1.807, 2.05) is 6.07 Å². The Morgan fingerprint density at radius 2 is 2.10 bits per heavy atom. The maximum absolute atomic E-state index is 13.6. The second-order valence-electron chi connectivity index (χ2n) is 5.35. The highest BCUT2D eigenvalue weighted by Crippen LogP contribution is 2.26. The summed E-state index contributed by atoms with van der Waals surface area (Å²) in [5.74, 6) is -0.175. The molecule has 0 aliphatic carbocycles. The van der Waals surface area contributed by atoms with E-state index in [0.29, 0.717) is 12.6 Å². The molecule has 1 aromatic heterocycles. The van der Waals surface area contributed by atoms with E-state index in [1.165, 1.54) is 4.88 Å². The van der Waals surface area contributed by atoms with E-state index in [0.717, 1.165) is 24.3 Å². The predicted molar refractivity (Wildman–Crippen MR) is 89.4 cm³/mol. The fourth-order valence-electron chi connectivity index (χ4n) is 2.35. The maximum atomic E-state index is 13.6. The van der Waals surface area contributed by atoms with Crippen LogP contribution in [0.4, 0.5) is 10.1 Å². The van der Waals surface area contributed by atoms with Crippen LogP contribution in [0.2, 0.25) is 0 Å². The Labute approximate surface area is 130 Å². The van der Waals surface area contributed by atoms with Gasteiger partial charge in [-0.15, -0.1) is 11.3 Å². The zero-order valence-corrected chi connectivity index (χ0v) is 13.7. The first-order chi connectivity index (χ1) is 10.1. The van der Waals surface area contributed by atoms with Crippen molar-refractivity contribution in [3.8, 4) is 0 Å². The lowest BCUT2D eigenvalue weighted by atomic mass is 10.1. The average molecular weight is 306 g/mol. The molecule has 0 radical (unpaired) electrons. The molecule has 2 aromatic rings. The van der Waals surface area contributed by atoms with Crippen molar-refractivity contribution in [2.45, 2.75) is 39.9 Å². The number of hydrogen-bond donors (Lipinski definition) is 1. The van der Waals surface area contributed by atoms with Gasteiger partial charge in [-0.2, -0.15) is 0 Å². The van der Waals surface area contributed by atoms with Crippen molar-refractivity contribution in [2.24, 2.45) is 0 Å². The van der Waals surface area contributed by atoms with Gasteiger partial charge in [0.25, 0.3) is 0 Å². The molecule has 0 atom stereocenters. The van der Waals surface area contributed by atoms with Crippen LogP contribution >= 0.6 is 11.3 Å². The molecule has 1 aromatic carbocycles. The molecule has 0 aliphatic heterocycles. The number of rotatable bonds is 7. The van der Waals surface area contributed by atoms with Crippen LogP contribution in [0.3, 0.4) is 0 Å². The van der Waals surface area contributed by atoms with Gasteiger partial charge in [0.15, 0.2) is 0 Å². The fourth-order valence-corrected chi connectivity index (χ4v) is 3.05. The Kier molecular flexibility index (Phi) is 5.76. The van der Waals surface area contributed by atoms with Gasteiger partial charge in [-0.1, -0.05) is 13.0 Å². The number of anilines is 1. The Balaban J connectivity index is 2.30. The Morgan fingerprint density at radius 1 is 1.29 bits per heavy atom. The SMILES string of the molecule is CCNCc1cc(F)ccc1N(Cc1cccs1)C(C)C. The molecule has 0 unspecified atom stereocenters. The smallest absolute Gasteiger partial charge is 0.123 e. The summed E-state index contributed by atoms with van der Waals surface area (Å²) in [5, 5.41) is 5.39. The van der Waals surface area contributed by atoms with Gasteiger partial charge < -0.3 is 10.2 Å². The van der Waals surface area contributed by atoms with E-state index >= 15 is 0 Å². The summed E-state index contributed by atoms with van der Waals surface area (Å²) in [7, 11) is 0. The highest BCUT2D eigenvalue weighted by Gasteiger charge is 2.16. The van der Waals surface area contributed by atoms with Crippen molar-refractivity contribution in [3.63, 3.8) is 0 Å². The number of hydrogen-bond acceptors (Lipinski definition) is 3. The van der Waals surface area contributed by atoms with Crippen molar-refractivity contribution in [2.75, 3.05) is 11.4 Å². The van der Waals surface area contributed by atoms with Crippen LogP contribution in [0.5, 0.6) is 0 Å². The highest BCUT2D eigenvalue weighted by atomic mass is 32.1. The molecule has 21 heavy (non-hydrogen) atoms. The number of benzene rings is 1. The molecule has 114 valence electrons. The predicted octanol–water partition coefficient (Wildman–Crippen LogP) is 4.41. The highest BCUT2D eigenvalue weighted by molar-refractivity contribution is 7.09. The molecule has 1 heterocycles. The fraction of sp³-hybridized carbons (Fsp3) is 0.412. The van der Waals surface area contributed by atoms with E-state index in [-0.39, 0.29) is 5.82 Å². The van der Waals surface area contributed by atoms with Gasteiger partial charge in [-0.05, 0) is 55.6 Å². The topological polar surface area (TPSA) is 15.3 Å². The normalized spacial score (nSPS) is 11.1. The summed E-state index contributed by atoms with van der Waals surface area (Å²) < 4.78 is 13.6. The lowest BCUT2D eigenvalue weighted by molar-refractivity contribution is 0.617. The number of thiophene rings is 1. The number of nitrogens with one attached hydrogen (secondary N) is 1. The summed E-state index contributed by atoms with van der Waals surface area (Å²) in [6.07, 6.45) is 0. The number of halogens is 1. The summed E-state index contributed by atoms with van der Waals surface area (Å²) >= 11 is 1.76. The van der Waals surface area contributed by atoms with Crippen molar-refractivity contribution >= 4 is 17.0 Å². The van der Waals surface area contributed by atoms with E-state index in [4.69, 9.17) is 0 Å². The lowest BCUT2D eigenvalue weighted by Crippen LogP contribution is -2.31. The third-order valence-electron chi connectivity index (χ3n) is 3.45. The molecule has 0 saturated carbocycles. The molecule has 0 amide bonds. The second kappa shape index (κ2) is 7.57. The van der Waals surface area contributed by atoms with Gasteiger partial charge in [-0.25, -0.2) is 4.39 Å². The third-order valence-corrected chi connectivity index (χ3v) is 4.31. The summed E-state index contributed by atoms with van der Waals surface area (Å²) in [6, 6.07) is 9.67. The van der Waals surface area contributed by atoms with E-state index in [9.17, 15) is 4.39 Å². The van der Waals surface area contributed by atoms with Crippen molar-refractivity contribution in [3.05, 3.63) is 52.0 Å². The Morgan fingerprint density at radius 3 is 2.71 bits per heavy atom. The van der Waals surface area contributed by atoms with Gasteiger partial charge in [0.2, 0.25) is 0 Å². The first-order valence-electron chi connectivity index (χ1n) is 7.40. The molecule has 2 rings (SSSR count). The van der Waals surface area contributed by atoms with E-state index in [2.05, 4.69) is 48.5 Å². The summed E-state index contributed by atoms with van der Waals surface area (Å²) in [6.45, 7) is 8.84. The van der Waals surface area contributed by atoms with Crippen LogP contribution in [0.25, 0.3) is 0 Å². The monoisotopic (exact) mass is 306 g/mol.